The van der Waals surface area contributed by atoms with Crippen molar-refractivity contribution < 1.29 is 9.53 Å². The molecular weight excluding hydrogens is 389 g/mol. The zero-order valence-electron chi connectivity index (χ0n) is 12.2. The molecule has 1 saturated carbocycles. The third-order valence-corrected chi connectivity index (χ3v) is 4.59. The maximum absolute atomic E-state index is 12.3. The van der Waals surface area contributed by atoms with E-state index in [-0.39, 0.29) is 11.6 Å². The fourth-order valence-electron chi connectivity index (χ4n) is 2.28. The summed E-state index contributed by atoms with van der Waals surface area (Å²) >= 11 is 8.28. The van der Waals surface area contributed by atoms with Crippen molar-refractivity contribution in [2.24, 2.45) is 0 Å². The van der Waals surface area contributed by atoms with Crippen LogP contribution in [-0.4, -0.2) is 23.6 Å². The average Bonchev–Trinajstić information content (AvgIpc) is 3.06. The molecule has 0 saturated heterocycles. The first-order valence-electron chi connectivity index (χ1n) is 6.58. The number of nitrogens with zero attached hydrogens (tertiary/aromatic N) is 1. The Kier molecular flexibility index (Phi) is 4.27. The summed E-state index contributed by atoms with van der Waals surface area (Å²) < 4.78 is 6.56. The summed E-state index contributed by atoms with van der Waals surface area (Å²) in [6, 6.07) is 5.82. The van der Waals surface area contributed by atoms with Crippen LogP contribution in [0.5, 0.6) is 0 Å². The van der Waals surface area contributed by atoms with Gasteiger partial charge in [0.15, 0.2) is 0 Å². The first-order valence-corrected chi connectivity index (χ1v) is 8.04. The number of amides is 1. The number of halogens is 2. The molecule has 1 amide bonds. The number of hydrogen-bond acceptors (Lipinski definition) is 2. The molecule has 0 heterocycles. The molecule has 1 aliphatic carbocycles. The maximum Gasteiger partial charge on any atom is 0.410 e. The van der Waals surface area contributed by atoms with E-state index in [0.29, 0.717) is 5.02 Å². The number of benzene rings is 1. The fourth-order valence-corrected chi connectivity index (χ4v) is 3.65. The monoisotopic (exact) mass is 407 g/mol. The van der Waals surface area contributed by atoms with E-state index in [0.717, 1.165) is 22.0 Å². The van der Waals surface area contributed by atoms with Crippen LogP contribution in [0.2, 0.25) is 5.02 Å². The summed E-state index contributed by atoms with van der Waals surface area (Å²) in [5.74, 6) is 0. The SMILES string of the molecule is CN(C(=O)OC(C)(C)C)C1(c2ccc(Cl)cc2I)CC1. The van der Waals surface area contributed by atoms with Crippen LogP contribution in [0.25, 0.3) is 0 Å². The summed E-state index contributed by atoms with van der Waals surface area (Å²) in [5.41, 5.74) is 0.439. The van der Waals surface area contributed by atoms with E-state index in [9.17, 15) is 4.79 Å². The van der Waals surface area contributed by atoms with Gasteiger partial charge in [0, 0.05) is 15.6 Å². The van der Waals surface area contributed by atoms with E-state index in [1.54, 1.807) is 4.90 Å². The van der Waals surface area contributed by atoms with Crippen molar-refractivity contribution >= 4 is 40.3 Å². The van der Waals surface area contributed by atoms with Crippen LogP contribution in [0.3, 0.4) is 0 Å². The van der Waals surface area contributed by atoms with Crippen molar-refractivity contribution in [1.29, 1.82) is 0 Å². The minimum atomic E-state index is -0.478. The molecule has 0 radical (unpaired) electrons. The minimum Gasteiger partial charge on any atom is -0.444 e. The van der Waals surface area contributed by atoms with Gasteiger partial charge >= 0.3 is 6.09 Å². The summed E-state index contributed by atoms with van der Waals surface area (Å²) in [7, 11) is 1.81. The molecule has 2 rings (SSSR count). The molecule has 3 nitrogen and oxygen atoms in total. The Morgan fingerprint density at radius 2 is 2.00 bits per heavy atom. The number of hydrogen-bond donors (Lipinski definition) is 0. The van der Waals surface area contributed by atoms with Crippen LogP contribution in [-0.2, 0) is 10.3 Å². The lowest BCUT2D eigenvalue weighted by atomic mass is 10.0. The predicted octanol–water partition coefficient (Wildman–Crippen LogP) is 4.80. The molecule has 1 fully saturated rings. The van der Waals surface area contributed by atoms with Crippen molar-refractivity contribution in [3.05, 3.63) is 32.4 Å². The van der Waals surface area contributed by atoms with Gasteiger partial charge in [0.05, 0.1) is 5.54 Å². The lowest BCUT2D eigenvalue weighted by Crippen LogP contribution is -2.41. The van der Waals surface area contributed by atoms with Gasteiger partial charge in [0.1, 0.15) is 5.60 Å². The summed E-state index contributed by atoms with van der Waals surface area (Å²) in [6.07, 6.45) is 1.64. The van der Waals surface area contributed by atoms with E-state index in [1.807, 2.05) is 46.0 Å². The maximum atomic E-state index is 12.3. The van der Waals surface area contributed by atoms with Gasteiger partial charge in [-0.25, -0.2) is 4.79 Å². The Hall–Kier alpha value is -0.490. The second-order valence-corrected chi connectivity index (χ2v) is 7.79. The lowest BCUT2D eigenvalue weighted by molar-refractivity contribution is 0.0189. The molecule has 110 valence electrons. The van der Waals surface area contributed by atoms with Gasteiger partial charge in [-0.3, -0.25) is 0 Å². The van der Waals surface area contributed by atoms with Crippen molar-refractivity contribution in [1.82, 2.24) is 4.90 Å². The lowest BCUT2D eigenvalue weighted by Gasteiger charge is -2.31. The highest BCUT2D eigenvalue weighted by atomic mass is 127. The molecule has 0 aliphatic heterocycles. The van der Waals surface area contributed by atoms with Crippen LogP contribution in [0.15, 0.2) is 18.2 Å². The van der Waals surface area contributed by atoms with Crippen molar-refractivity contribution in [3.63, 3.8) is 0 Å². The van der Waals surface area contributed by atoms with E-state index in [2.05, 4.69) is 22.6 Å². The van der Waals surface area contributed by atoms with Gasteiger partial charge in [-0.15, -0.1) is 0 Å². The standard InChI is InChI=1S/C15H19ClINO2/c1-14(2,3)20-13(19)18(4)15(7-8-15)11-6-5-10(16)9-12(11)17/h5-6,9H,7-8H2,1-4H3. The van der Waals surface area contributed by atoms with Crippen molar-refractivity contribution in [3.8, 4) is 0 Å². The highest BCUT2D eigenvalue weighted by Gasteiger charge is 2.51. The highest BCUT2D eigenvalue weighted by molar-refractivity contribution is 14.1. The van der Waals surface area contributed by atoms with Crippen LogP contribution < -0.4 is 0 Å². The molecule has 0 spiro atoms. The highest BCUT2D eigenvalue weighted by Crippen LogP contribution is 2.52. The van der Waals surface area contributed by atoms with Gasteiger partial charge in [-0.1, -0.05) is 17.7 Å². The average molecular weight is 408 g/mol. The van der Waals surface area contributed by atoms with Crippen LogP contribution in [0, 0.1) is 3.57 Å². The molecule has 20 heavy (non-hydrogen) atoms. The molecule has 0 N–H and O–H groups in total. The van der Waals surface area contributed by atoms with Gasteiger partial charge in [-0.05, 0) is 73.9 Å². The van der Waals surface area contributed by atoms with Gasteiger partial charge in [0.2, 0.25) is 0 Å². The van der Waals surface area contributed by atoms with Crippen molar-refractivity contribution in [2.45, 2.75) is 44.8 Å². The smallest absolute Gasteiger partial charge is 0.410 e. The van der Waals surface area contributed by atoms with Crippen LogP contribution in [0.1, 0.15) is 39.2 Å². The van der Waals surface area contributed by atoms with Gasteiger partial charge in [0.25, 0.3) is 0 Å². The Balaban J connectivity index is 2.25. The first-order chi connectivity index (χ1) is 9.16. The number of carbonyl (C=O) groups excluding carboxylic acids is 1. The topological polar surface area (TPSA) is 29.5 Å². The zero-order chi connectivity index (χ0) is 15.1. The molecule has 0 aromatic heterocycles. The molecule has 0 bridgehead atoms. The normalized spacial score (nSPS) is 16.7. The third-order valence-electron chi connectivity index (χ3n) is 3.47. The summed E-state index contributed by atoms with van der Waals surface area (Å²) in [4.78, 5) is 14.0. The van der Waals surface area contributed by atoms with Crippen molar-refractivity contribution in [2.75, 3.05) is 7.05 Å². The Labute approximate surface area is 138 Å². The van der Waals surface area contributed by atoms with E-state index in [4.69, 9.17) is 16.3 Å². The fraction of sp³-hybridized carbons (Fsp3) is 0.533. The van der Waals surface area contributed by atoms with E-state index < -0.39 is 5.60 Å². The Morgan fingerprint density at radius 3 is 2.45 bits per heavy atom. The number of ether oxygens (including phenoxy) is 1. The second-order valence-electron chi connectivity index (χ2n) is 6.20. The Morgan fingerprint density at radius 1 is 1.40 bits per heavy atom. The molecular formula is C15H19ClINO2. The summed E-state index contributed by atoms with van der Waals surface area (Å²) in [6.45, 7) is 5.64. The Bertz CT molecular complexity index is 535. The third kappa shape index (κ3) is 3.22. The second kappa shape index (κ2) is 5.37. The summed E-state index contributed by atoms with van der Waals surface area (Å²) in [5, 5.41) is 0.717. The van der Waals surface area contributed by atoms with Crippen LogP contribution in [0.4, 0.5) is 4.79 Å². The largest absolute Gasteiger partial charge is 0.444 e. The first kappa shape index (κ1) is 15.9. The number of rotatable bonds is 2. The van der Waals surface area contributed by atoms with E-state index >= 15 is 0 Å². The van der Waals surface area contributed by atoms with Gasteiger partial charge in [-0.2, -0.15) is 0 Å². The molecule has 1 aromatic rings. The molecule has 5 heteroatoms. The van der Waals surface area contributed by atoms with E-state index in [1.165, 1.54) is 0 Å². The van der Waals surface area contributed by atoms with Gasteiger partial charge < -0.3 is 9.64 Å². The van der Waals surface area contributed by atoms with Crippen LogP contribution >= 0.6 is 34.2 Å². The molecule has 1 aliphatic rings. The molecule has 1 aromatic carbocycles. The number of carbonyl (C=O) groups is 1. The predicted molar refractivity (Wildman–Crippen MR) is 89.1 cm³/mol. The molecule has 0 atom stereocenters. The molecule has 0 unspecified atom stereocenters. The quantitative estimate of drug-likeness (QED) is 0.659. The zero-order valence-corrected chi connectivity index (χ0v) is 15.1. The minimum absolute atomic E-state index is 0.233.